The second-order valence-electron chi connectivity index (χ2n) is 6.40. The predicted octanol–water partition coefficient (Wildman–Crippen LogP) is 4.54. The summed E-state index contributed by atoms with van der Waals surface area (Å²) in [5, 5.41) is 3.14. The van der Waals surface area contributed by atoms with Gasteiger partial charge >= 0.3 is 0 Å². The molecule has 0 saturated heterocycles. The molecule has 1 unspecified atom stereocenters. The Bertz CT molecular complexity index is 836. The lowest BCUT2D eigenvalue weighted by Gasteiger charge is -2.15. The fourth-order valence-electron chi connectivity index (χ4n) is 2.43. The third kappa shape index (κ3) is 6.74. The molecule has 2 rings (SSSR count). The molecule has 27 heavy (non-hydrogen) atoms. The number of nitrogens with one attached hydrogen (secondary N) is 2. The van der Waals surface area contributed by atoms with Gasteiger partial charge in [-0.3, -0.25) is 9.59 Å². The molecule has 146 valence electrons. The highest BCUT2D eigenvalue weighted by Crippen LogP contribution is 2.24. The second-order valence-corrected chi connectivity index (χ2v) is 8.69. The van der Waals surface area contributed by atoms with Gasteiger partial charge in [-0.25, -0.2) is 4.98 Å². The van der Waals surface area contributed by atoms with Crippen molar-refractivity contribution in [1.82, 2.24) is 9.97 Å². The molecule has 1 atom stereocenters. The summed E-state index contributed by atoms with van der Waals surface area (Å²) in [5.74, 6) is 1.66. The molecular weight excluding hydrogens is 378 g/mol. The number of aromatic amines is 1. The number of aromatic nitrogens is 2. The predicted molar refractivity (Wildman–Crippen MR) is 116 cm³/mol. The molecule has 0 aliphatic carbocycles. The van der Waals surface area contributed by atoms with Crippen molar-refractivity contribution in [2.75, 3.05) is 11.1 Å². The number of carbonyl (C=O) groups is 1. The van der Waals surface area contributed by atoms with Crippen LogP contribution in [0.5, 0.6) is 0 Å². The molecule has 1 amide bonds. The van der Waals surface area contributed by atoms with Crippen LogP contribution in [0.15, 0.2) is 34.2 Å². The average molecular weight is 406 g/mol. The molecule has 7 heteroatoms. The van der Waals surface area contributed by atoms with E-state index < -0.39 is 0 Å². The van der Waals surface area contributed by atoms with Crippen LogP contribution in [0.3, 0.4) is 0 Å². The van der Waals surface area contributed by atoms with Crippen LogP contribution in [0.4, 0.5) is 5.69 Å². The van der Waals surface area contributed by atoms with E-state index in [1.165, 1.54) is 23.4 Å². The SMILES string of the molecule is CCCSCc1cc(=O)[nH]c(SC(CC)C(=O)Nc2ccc(C)c(C)c2)n1. The highest BCUT2D eigenvalue weighted by atomic mass is 32.2. The Morgan fingerprint density at radius 1 is 1.22 bits per heavy atom. The summed E-state index contributed by atoms with van der Waals surface area (Å²) in [6.07, 6.45) is 1.73. The molecule has 0 saturated carbocycles. The van der Waals surface area contributed by atoms with Gasteiger partial charge in [0.15, 0.2) is 5.16 Å². The smallest absolute Gasteiger partial charge is 0.251 e. The van der Waals surface area contributed by atoms with Crippen molar-refractivity contribution in [3.8, 4) is 0 Å². The fourth-order valence-corrected chi connectivity index (χ4v) is 4.15. The van der Waals surface area contributed by atoms with E-state index in [4.69, 9.17) is 0 Å². The van der Waals surface area contributed by atoms with Gasteiger partial charge in [0.05, 0.1) is 10.9 Å². The largest absolute Gasteiger partial charge is 0.325 e. The summed E-state index contributed by atoms with van der Waals surface area (Å²) in [6.45, 7) is 8.14. The maximum atomic E-state index is 12.7. The summed E-state index contributed by atoms with van der Waals surface area (Å²) in [6, 6.07) is 7.40. The standard InChI is InChI=1S/C20H27N3O2S2/c1-5-9-26-12-16-11-18(24)23-20(22-16)27-17(6-2)19(25)21-15-8-7-13(3)14(4)10-15/h7-8,10-11,17H,5-6,9,12H2,1-4H3,(H,21,25)(H,22,23,24). The molecule has 0 aliphatic rings. The van der Waals surface area contributed by atoms with Crippen molar-refractivity contribution >= 4 is 35.1 Å². The Morgan fingerprint density at radius 2 is 2.00 bits per heavy atom. The molecule has 0 aliphatic heterocycles. The van der Waals surface area contributed by atoms with E-state index in [1.807, 2.05) is 39.0 Å². The number of hydrogen-bond donors (Lipinski definition) is 2. The van der Waals surface area contributed by atoms with Crippen LogP contribution < -0.4 is 10.9 Å². The van der Waals surface area contributed by atoms with Crippen molar-refractivity contribution in [2.24, 2.45) is 0 Å². The number of nitrogens with zero attached hydrogens (tertiary/aromatic N) is 1. The third-order valence-electron chi connectivity index (χ3n) is 4.06. The van der Waals surface area contributed by atoms with Crippen molar-refractivity contribution < 1.29 is 4.79 Å². The zero-order chi connectivity index (χ0) is 19.8. The van der Waals surface area contributed by atoms with Crippen molar-refractivity contribution in [3.05, 3.63) is 51.4 Å². The molecular formula is C20H27N3O2S2. The molecule has 1 aromatic heterocycles. The van der Waals surface area contributed by atoms with Crippen LogP contribution in [-0.2, 0) is 10.5 Å². The first-order valence-corrected chi connectivity index (χ1v) is 11.2. The Labute approximate surface area is 169 Å². The molecule has 0 radical (unpaired) electrons. The van der Waals surface area contributed by atoms with Gasteiger partial charge in [-0.15, -0.1) is 0 Å². The van der Waals surface area contributed by atoms with Gasteiger partial charge in [-0.1, -0.05) is 31.7 Å². The number of benzene rings is 1. The first-order chi connectivity index (χ1) is 12.9. The van der Waals surface area contributed by atoms with E-state index in [9.17, 15) is 9.59 Å². The van der Waals surface area contributed by atoms with Gasteiger partial charge in [0, 0.05) is 17.5 Å². The molecule has 2 aromatic rings. The van der Waals surface area contributed by atoms with Gasteiger partial charge < -0.3 is 10.3 Å². The van der Waals surface area contributed by atoms with Crippen LogP contribution in [0, 0.1) is 13.8 Å². The summed E-state index contributed by atoms with van der Waals surface area (Å²) in [4.78, 5) is 31.9. The van der Waals surface area contributed by atoms with E-state index in [1.54, 1.807) is 11.8 Å². The molecule has 2 N–H and O–H groups in total. The topological polar surface area (TPSA) is 74.8 Å². The van der Waals surface area contributed by atoms with Gasteiger partial charge in [-0.2, -0.15) is 11.8 Å². The number of H-pyrrole nitrogens is 1. The molecule has 0 fully saturated rings. The minimum absolute atomic E-state index is 0.0841. The zero-order valence-electron chi connectivity index (χ0n) is 16.3. The summed E-state index contributed by atoms with van der Waals surface area (Å²) in [5.41, 5.74) is 3.69. The maximum absolute atomic E-state index is 12.7. The van der Waals surface area contributed by atoms with Gasteiger partial charge in [0.2, 0.25) is 5.91 Å². The van der Waals surface area contributed by atoms with Crippen LogP contribution in [0.2, 0.25) is 0 Å². The second kappa shape index (κ2) is 10.6. The zero-order valence-corrected chi connectivity index (χ0v) is 17.9. The normalized spacial score (nSPS) is 12.0. The van der Waals surface area contributed by atoms with Crippen LogP contribution in [0.25, 0.3) is 0 Å². The fraction of sp³-hybridized carbons (Fsp3) is 0.450. The lowest BCUT2D eigenvalue weighted by atomic mass is 10.1. The highest BCUT2D eigenvalue weighted by molar-refractivity contribution is 8.00. The van der Waals surface area contributed by atoms with Gasteiger partial charge in [-0.05, 0) is 55.7 Å². The Kier molecular flexibility index (Phi) is 8.44. The maximum Gasteiger partial charge on any atom is 0.251 e. The van der Waals surface area contributed by atoms with Crippen molar-refractivity contribution in [1.29, 1.82) is 0 Å². The number of aryl methyl sites for hydroxylation is 2. The van der Waals surface area contributed by atoms with Crippen LogP contribution in [-0.4, -0.2) is 26.9 Å². The molecule has 1 aromatic carbocycles. The molecule has 0 spiro atoms. The molecule has 0 bridgehead atoms. The van der Waals surface area contributed by atoms with Gasteiger partial charge in [0.1, 0.15) is 0 Å². The minimum Gasteiger partial charge on any atom is -0.325 e. The monoisotopic (exact) mass is 405 g/mol. The summed E-state index contributed by atoms with van der Waals surface area (Å²) >= 11 is 3.06. The number of thioether (sulfide) groups is 2. The van der Waals surface area contributed by atoms with Crippen LogP contribution >= 0.6 is 23.5 Å². The van der Waals surface area contributed by atoms with Crippen molar-refractivity contribution in [2.45, 2.75) is 56.7 Å². The first-order valence-electron chi connectivity index (χ1n) is 9.15. The quantitative estimate of drug-likeness (QED) is 0.364. The highest BCUT2D eigenvalue weighted by Gasteiger charge is 2.20. The van der Waals surface area contributed by atoms with E-state index in [2.05, 4.69) is 22.2 Å². The molecule has 1 heterocycles. The van der Waals surface area contributed by atoms with Crippen LogP contribution in [0.1, 0.15) is 43.5 Å². The minimum atomic E-state index is -0.326. The Hall–Kier alpha value is -1.73. The number of amides is 1. The number of rotatable bonds is 9. The summed E-state index contributed by atoms with van der Waals surface area (Å²) < 4.78 is 0. The van der Waals surface area contributed by atoms with E-state index in [0.29, 0.717) is 17.3 Å². The first kappa shape index (κ1) is 21.6. The lowest BCUT2D eigenvalue weighted by molar-refractivity contribution is -0.115. The lowest BCUT2D eigenvalue weighted by Crippen LogP contribution is -2.25. The van der Waals surface area contributed by atoms with Gasteiger partial charge in [0.25, 0.3) is 5.56 Å². The number of carbonyl (C=O) groups excluding carboxylic acids is 1. The Balaban J connectivity index is 2.07. The number of hydrogen-bond acceptors (Lipinski definition) is 5. The molecule has 5 nitrogen and oxygen atoms in total. The summed E-state index contributed by atoms with van der Waals surface area (Å²) in [7, 11) is 0. The van der Waals surface area contributed by atoms with Crippen molar-refractivity contribution in [3.63, 3.8) is 0 Å². The van der Waals surface area contributed by atoms with E-state index in [0.717, 1.165) is 29.1 Å². The number of anilines is 1. The third-order valence-corrected chi connectivity index (χ3v) is 6.51. The Morgan fingerprint density at radius 3 is 2.67 bits per heavy atom. The van der Waals surface area contributed by atoms with E-state index in [-0.39, 0.29) is 16.7 Å². The average Bonchev–Trinajstić information content (AvgIpc) is 2.62. The van der Waals surface area contributed by atoms with E-state index >= 15 is 0 Å².